The Kier molecular flexibility index (Phi) is 4.79. The molecule has 2 aliphatic rings. The molecule has 8 heteroatoms. The minimum Gasteiger partial charge on any atom is -0.444 e. The molecule has 0 spiro atoms. The van der Waals surface area contributed by atoms with Crippen molar-refractivity contribution in [2.45, 2.75) is 51.3 Å². The zero-order chi connectivity index (χ0) is 19.1. The maximum atomic E-state index is 13.0. The minimum atomic E-state index is -4.38. The molecule has 1 aromatic rings. The third-order valence-electron chi connectivity index (χ3n) is 4.47. The lowest BCUT2D eigenvalue weighted by Crippen LogP contribution is -2.50. The molecule has 0 aromatic carbocycles. The highest BCUT2D eigenvalue weighted by molar-refractivity contribution is 5.68. The molecule has 0 unspecified atom stereocenters. The van der Waals surface area contributed by atoms with E-state index in [0.717, 1.165) is 19.0 Å². The predicted molar refractivity (Wildman–Crippen MR) is 91.2 cm³/mol. The van der Waals surface area contributed by atoms with E-state index in [1.165, 1.54) is 6.07 Å². The van der Waals surface area contributed by atoms with E-state index < -0.39 is 17.3 Å². The van der Waals surface area contributed by atoms with Gasteiger partial charge >= 0.3 is 12.3 Å². The molecular weight excluding hydrogens is 347 g/mol. The molecule has 5 nitrogen and oxygen atoms in total. The van der Waals surface area contributed by atoms with Crippen LogP contribution in [-0.4, -0.2) is 47.8 Å². The van der Waals surface area contributed by atoms with Crippen molar-refractivity contribution >= 4 is 11.9 Å². The van der Waals surface area contributed by atoms with Gasteiger partial charge in [-0.05, 0) is 51.2 Å². The number of hydrogen-bond donors (Lipinski definition) is 0. The third kappa shape index (κ3) is 4.40. The van der Waals surface area contributed by atoms with Gasteiger partial charge in [0.25, 0.3) is 0 Å². The first-order valence-corrected chi connectivity index (χ1v) is 8.84. The van der Waals surface area contributed by atoms with Crippen LogP contribution < -0.4 is 4.90 Å². The summed E-state index contributed by atoms with van der Waals surface area (Å²) in [4.78, 5) is 19.9. The van der Waals surface area contributed by atoms with Gasteiger partial charge in [0.2, 0.25) is 0 Å². The Morgan fingerprint density at radius 3 is 2.27 bits per heavy atom. The first kappa shape index (κ1) is 18.8. The number of alkyl halides is 3. The minimum absolute atomic E-state index is 0.156. The molecule has 1 saturated heterocycles. The van der Waals surface area contributed by atoms with Crippen molar-refractivity contribution in [2.24, 2.45) is 0 Å². The van der Waals surface area contributed by atoms with Crippen LogP contribution in [-0.2, 0) is 10.9 Å². The highest BCUT2D eigenvalue weighted by atomic mass is 19.4. The third-order valence-corrected chi connectivity index (χ3v) is 4.47. The molecule has 2 heterocycles. The highest BCUT2D eigenvalue weighted by Gasteiger charge is 2.36. The fourth-order valence-electron chi connectivity index (χ4n) is 3.02. The van der Waals surface area contributed by atoms with Gasteiger partial charge in [-0.3, -0.25) is 0 Å². The molecule has 1 saturated carbocycles. The number of ether oxygens (including phenoxy) is 1. The van der Waals surface area contributed by atoms with Crippen molar-refractivity contribution in [3.8, 4) is 0 Å². The SMILES string of the molecule is CC(C)(C)OC(=O)N1CCN(c2ncc(C(F)(F)F)cc2C2CC2)CC1. The van der Waals surface area contributed by atoms with Crippen molar-refractivity contribution in [1.82, 2.24) is 9.88 Å². The molecule has 1 aliphatic heterocycles. The molecule has 0 radical (unpaired) electrons. The molecule has 0 bridgehead atoms. The van der Waals surface area contributed by atoms with Gasteiger partial charge in [0.05, 0.1) is 5.56 Å². The van der Waals surface area contributed by atoms with Gasteiger partial charge in [0.15, 0.2) is 0 Å². The smallest absolute Gasteiger partial charge is 0.417 e. The Balaban J connectivity index is 1.70. The Morgan fingerprint density at radius 1 is 1.15 bits per heavy atom. The van der Waals surface area contributed by atoms with Crippen molar-refractivity contribution in [3.63, 3.8) is 0 Å². The van der Waals surface area contributed by atoms with Gasteiger partial charge in [0, 0.05) is 32.4 Å². The van der Waals surface area contributed by atoms with Crippen LogP contribution in [0.25, 0.3) is 0 Å². The fourth-order valence-corrected chi connectivity index (χ4v) is 3.02. The first-order chi connectivity index (χ1) is 12.0. The molecule has 144 valence electrons. The van der Waals surface area contributed by atoms with Crippen molar-refractivity contribution in [3.05, 3.63) is 23.4 Å². The number of nitrogens with zero attached hydrogens (tertiary/aromatic N) is 3. The highest BCUT2D eigenvalue weighted by Crippen LogP contribution is 2.45. The number of rotatable bonds is 2. The number of amides is 1. The number of carbonyl (C=O) groups excluding carboxylic acids is 1. The lowest BCUT2D eigenvalue weighted by Gasteiger charge is -2.37. The monoisotopic (exact) mass is 371 g/mol. The first-order valence-electron chi connectivity index (χ1n) is 8.84. The maximum absolute atomic E-state index is 13.0. The zero-order valence-electron chi connectivity index (χ0n) is 15.3. The summed E-state index contributed by atoms with van der Waals surface area (Å²) in [6.07, 6.45) is -2.05. The maximum Gasteiger partial charge on any atom is 0.417 e. The molecule has 3 rings (SSSR count). The molecule has 26 heavy (non-hydrogen) atoms. The van der Waals surface area contributed by atoms with Crippen molar-refractivity contribution in [2.75, 3.05) is 31.1 Å². The Bertz CT molecular complexity index is 673. The standard InChI is InChI=1S/C18H24F3N3O2/c1-17(2,3)26-16(25)24-8-6-23(7-9-24)15-14(12-4-5-12)10-13(11-22-15)18(19,20)21/h10-12H,4-9H2,1-3H3. The van der Waals surface area contributed by atoms with Gasteiger partial charge in [0.1, 0.15) is 11.4 Å². The van der Waals surface area contributed by atoms with Gasteiger partial charge < -0.3 is 14.5 Å². The van der Waals surface area contributed by atoms with Crippen molar-refractivity contribution in [1.29, 1.82) is 0 Å². The second kappa shape index (κ2) is 6.63. The number of piperazine rings is 1. The van der Waals surface area contributed by atoms with Crippen LogP contribution in [0.4, 0.5) is 23.8 Å². The van der Waals surface area contributed by atoms with Crippen LogP contribution in [0.15, 0.2) is 12.3 Å². The second-order valence-electron chi connectivity index (χ2n) is 7.86. The quantitative estimate of drug-likeness (QED) is 0.787. The van der Waals surface area contributed by atoms with Gasteiger partial charge in [-0.1, -0.05) is 0 Å². The molecule has 1 aliphatic carbocycles. The van der Waals surface area contributed by atoms with Crippen LogP contribution >= 0.6 is 0 Å². The summed E-state index contributed by atoms with van der Waals surface area (Å²) in [5, 5.41) is 0. The van der Waals surface area contributed by atoms with E-state index in [-0.39, 0.29) is 12.0 Å². The molecule has 0 N–H and O–H groups in total. The van der Waals surface area contributed by atoms with E-state index >= 15 is 0 Å². The van der Waals surface area contributed by atoms with E-state index in [0.29, 0.717) is 37.6 Å². The van der Waals surface area contributed by atoms with Crippen LogP contribution in [0.2, 0.25) is 0 Å². The number of anilines is 1. The van der Waals surface area contributed by atoms with Crippen molar-refractivity contribution < 1.29 is 22.7 Å². The van der Waals surface area contributed by atoms with Crippen LogP contribution in [0.5, 0.6) is 0 Å². The van der Waals surface area contributed by atoms with Gasteiger partial charge in [-0.2, -0.15) is 13.2 Å². The van der Waals surface area contributed by atoms with Gasteiger partial charge in [-0.25, -0.2) is 9.78 Å². The Labute approximate surface area is 151 Å². The molecule has 0 atom stereocenters. The summed E-state index contributed by atoms with van der Waals surface area (Å²) in [5.74, 6) is 0.771. The molecule has 1 aromatic heterocycles. The summed E-state index contributed by atoms with van der Waals surface area (Å²) < 4.78 is 44.3. The lowest BCUT2D eigenvalue weighted by molar-refractivity contribution is -0.137. The van der Waals surface area contributed by atoms with E-state index in [1.807, 2.05) is 25.7 Å². The predicted octanol–water partition coefficient (Wildman–Crippen LogP) is 4.03. The molecule has 1 amide bonds. The zero-order valence-corrected chi connectivity index (χ0v) is 15.3. The topological polar surface area (TPSA) is 45.7 Å². The van der Waals surface area contributed by atoms with Crippen LogP contribution in [0.3, 0.4) is 0 Å². The largest absolute Gasteiger partial charge is 0.444 e. The number of hydrogen-bond acceptors (Lipinski definition) is 4. The number of aromatic nitrogens is 1. The number of halogens is 3. The Hall–Kier alpha value is -1.99. The number of pyridine rings is 1. The fraction of sp³-hybridized carbons (Fsp3) is 0.667. The average Bonchev–Trinajstić information content (AvgIpc) is 3.37. The van der Waals surface area contributed by atoms with E-state index in [1.54, 1.807) is 4.90 Å². The van der Waals surface area contributed by atoms with Crippen LogP contribution in [0, 0.1) is 0 Å². The summed E-state index contributed by atoms with van der Waals surface area (Å²) in [5.41, 5.74) is -0.580. The van der Waals surface area contributed by atoms with E-state index in [4.69, 9.17) is 4.74 Å². The lowest BCUT2D eigenvalue weighted by atomic mass is 10.1. The van der Waals surface area contributed by atoms with Crippen LogP contribution in [0.1, 0.15) is 50.7 Å². The van der Waals surface area contributed by atoms with E-state index in [2.05, 4.69) is 4.98 Å². The summed E-state index contributed by atoms with van der Waals surface area (Å²) in [6, 6.07) is 1.24. The van der Waals surface area contributed by atoms with Gasteiger partial charge in [-0.15, -0.1) is 0 Å². The average molecular weight is 371 g/mol. The normalized spacial score (nSPS) is 18.8. The summed E-state index contributed by atoms with van der Waals surface area (Å²) in [7, 11) is 0. The molecular formula is C18H24F3N3O2. The summed E-state index contributed by atoms with van der Waals surface area (Å²) >= 11 is 0. The molecule has 2 fully saturated rings. The second-order valence-corrected chi connectivity index (χ2v) is 7.86. The summed E-state index contributed by atoms with van der Waals surface area (Å²) in [6.45, 7) is 7.41. The number of carbonyl (C=O) groups is 1. The van der Waals surface area contributed by atoms with E-state index in [9.17, 15) is 18.0 Å². The Morgan fingerprint density at radius 2 is 1.77 bits per heavy atom.